The molecule has 3 N–H and O–H groups in total. The molecule has 2 unspecified atom stereocenters. The number of rotatable bonds is 3. The Balaban J connectivity index is 2.18. The van der Waals surface area contributed by atoms with E-state index < -0.39 is 0 Å². The van der Waals surface area contributed by atoms with Crippen molar-refractivity contribution >= 4 is 5.84 Å². The number of oxime groups is 1. The van der Waals surface area contributed by atoms with E-state index in [0.717, 1.165) is 12.8 Å². The molecule has 110 valence electrons. The second-order valence-corrected chi connectivity index (χ2v) is 6.49. The summed E-state index contributed by atoms with van der Waals surface area (Å²) in [6.45, 7) is 6.80. The van der Waals surface area contributed by atoms with Crippen molar-refractivity contribution in [1.29, 1.82) is 0 Å². The van der Waals surface area contributed by atoms with E-state index in [1.165, 1.54) is 6.42 Å². The molecule has 1 heterocycles. The van der Waals surface area contributed by atoms with Gasteiger partial charge in [0.05, 0.1) is 6.10 Å². The van der Waals surface area contributed by atoms with Gasteiger partial charge < -0.3 is 15.7 Å². The van der Waals surface area contributed by atoms with E-state index >= 15 is 0 Å². The van der Waals surface area contributed by atoms with Gasteiger partial charge in [-0.3, -0.25) is 0 Å². The molecule has 1 aliphatic carbocycles. The van der Waals surface area contributed by atoms with Crippen LogP contribution in [0.15, 0.2) is 23.5 Å². The Labute approximate surface area is 119 Å². The van der Waals surface area contributed by atoms with Gasteiger partial charge in [-0.05, 0) is 42.7 Å². The van der Waals surface area contributed by atoms with E-state index in [1.807, 2.05) is 6.07 Å². The van der Waals surface area contributed by atoms with E-state index in [4.69, 9.17) is 15.7 Å². The van der Waals surface area contributed by atoms with Crippen LogP contribution in [-0.4, -0.2) is 22.1 Å². The summed E-state index contributed by atoms with van der Waals surface area (Å²) in [5.74, 6) is 1.19. The molecule has 0 aliphatic heterocycles. The van der Waals surface area contributed by atoms with Crippen LogP contribution in [0.5, 0.6) is 5.75 Å². The topological polar surface area (TPSA) is 80.7 Å². The summed E-state index contributed by atoms with van der Waals surface area (Å²) >= 11 is 0. The van der Waals surface area contributed by atoms with E-state index in [0.29, 0.717) is 17.4 Å². The zero-order valence-electron chi connectivity index (χ0n) is 12.3. The fourth-order valence-corrected chi connectivity index (χ4v) is 3.25. The van der Waals surface area contributed by atoms with Gasteiger partial charge in [0.1, 0.15) is 5.75 Å². The van der Waals surface area contributed by atoms with Gasteiger partial charge in [0.2, 0.25) is 0 Å². The van der Waals surface area contributed by atoms with Gasteiger partial charge in [-0.15, -0.1) is 0 Å². The van der Waals surface area contributed by atoms with Crippen LogP contribution in [0, 0.1) is 11.3 Å². The lowest BCUT2D eigenvalue weighted by atomic mass is 9.71. The third-order valence-electron chi connectivity index (χ3n) is 3.76. The summed E-state index contributed by atoms with van der Waals surface area (Å²) in [4.78, 5) is 4.13. The van der Waals surface area contributed by atoms with Crippen LogP contribution in [0.2, 0.25) is 0 Å². The maximum absolute atomic E-state index is 8.81. The molecule has 1 aliphatic rings. The molecule has 0 aromatic carbocycles. The fraction of sp³-hybridized carbons (Fsp3) is 0.600. The molecule has 20 heavy (non-hydrogen) atoms. The molecule has 1 saturated carbocycles. The zero-order chi connectivity index (χ0) is 14.8. The lowest BCUT2D eigenvalue weighted by Gasteiger charge is -2.38. The molecule has 2 atom stereocenters. The first-order valence-corrected chi connectivity index (χ1v) is 7.01. The monoisotopic (exact) mass is 277 g/mol. The van der Waals surface area contributed by atoms with Gasteiger partial charge in [0.15, 0.2) is 11.5 Å². The standard InChI is InChI=1S/C15H23N3O2/c1-10-7-11(9-15(2,3)8-10)20-12-5-4-6-17-13(12)14(16)18-19/h4-6,10-11,19H,7-9H2,1-3H3,(H2,16,18). The Morgan fingerprint density at radius 2 is 2.25 bits per heavy atom. The fourth-order valence-electron chi connectivity index (χ4n) is 3.25. The Morgan fingerprint density at radius 1 is 1.50 bits per heavy atom. The predicted molar refractivity (Wildman–Crippen MR) is 78.0 cm³/mol. The lowest BCUT2D eigenvalue weighted by Crippen LogP contribution is -2.34. The molecular formula is C15H23N3O2. The van der Waals surface area contributed by atoms with Crippen LogP contribution in [-0.2, 0) is 0 Å². The van der Waals surface area contributed by atoms with Gasteiger partial charge in [-0.1, -0.05) is 25.9 Å². The highest BCUT2D eigenvalue weighted by atomic mass is 16.5. The summed E-state index contributed by atoms with van der Waals surface area (Å²) < 4.78 is 6.08. The number of pyridine rings is 1. The van der Waals surface area contributed by atoms with Crippen molar-refractivity contribution in [3.63, 3.8) is 0 Å². The maximum atomic E-state index is 8.81. The number of ether oxygens (including phenoxy) is 1. The number of nitrogens with zero attached hydrogens (tertiary/aromatic N) is 2. The molecule has 5 nitrogen and oxygen atoms in total. The summed E-state index contributed by atoms with van der Waals surface area (Å²) in [6, 6.07) is 3.60. The van der Waals surface area contributed by atoms with Crippen molar-refractivity contribution in [2.24, 2.45) is 22.2 Å². The van der Waals surface area contributed by atoms with Crippen LogP contribution in [0.25, 0.3) is 0 Å². The third kappa shape index (κ3) is 3.40. The van der Waals surface area contributed by atoms with Gasteiger partial charge in [0, 0.05) is 6.20 Å². The molecule has 2 rings (SSSR count). The molecule has 1 fully saturated rings. The third-order valence-corrected chi connectivity index (χ3v) is 3.76. The van der Waals surface area contributed by atoms with Gasteiger partial charge in [-0.25, -0.2) is 4.98 Å². The summed E-state index contributed by atoms with van der Waals surface area (Å²) in [7, 11) is 0. The Morgan fingerprint density at radius 3 is 2.90 bits per heavy atom. The first-order chi connectivity index (χ1) is 9.41. The molecule has 1 aromatic heterocycles. The van der Waals surface area contributed by atoms with Gasteiger partial charge in [0.25, 0.3) is 0 Å². The average Bonchev–Trinajstić information content (AvgIpc) is 2.36. The van der Waals surface area contributed by atoms with E-state index in [9.17, 15) is 0 Å². The molecule has 0 bridgehead atoms. The Bertz CT molecular complexity index is 500. The minimum atomic E-state index is -0.0243. The first kappa shape index (κ1) is 14.6. The highest BCUT2D eigenvalue weighted by Crippen LogP contribution is 2.40. The SMILES string of the molecule is CC1CC(Oc2cccnc2/C(N)=N/O)CC(C)(C)C1. The number of hydrogen-bond donors (Lipinski definition) is 2. The first-order valence-electron chi connectivity index (χ1n) is 7.01. The van der Waals surface area contributed by atoms with E-state index in [1.54, 1.807) is 12.3 Å². The van der Waals surface area contributed by atoms with Crippen LogP contribution in [0.3, 0.4) is 0 Å². The minimum absolute atomic E-state index is 0.0243. The van der Waals surface area contributed by atoms with E-state index in [-0.39, 0.29) is 17.4 Å². The van der Waals surface area contributed by atoms with Crippen LogP contribution in [0.4, 0.5) is 0 Å². The maximum Gasteiger partial charge on any atom is 0.192 e. The molecule has 1 aromatic rings. The van der Waals surface area contributed by atoms with Crippen molar-refractivity contribution in [3.05, 3.63) is 24.0 Å². The highest BCUT2D eigenvalue weighted by Gasteiger charge is 2.33. The largest absolute Gasteiger partial charge is 0.488 e. The quantitative estimate of drug-likeness (QED) is 0.385. The molecule has 5 heteroatoms. The highest BCUT2D eigenvalue weighted by molar-refractivity contribution is 5.97. The Kier molecular flexibility index (Phi) is 4.16. The van der Waals surface area contributed by atoms with Gasteiger partial charge in [-0.2, -0.15) is 0 Å². The zero-order valence-corrected chi connectivity index (χ0v) is 12.3. The number of hydrogen-bond acceptors (Lipinski definition) is 4. The number of nitrogens with two attached hydrogens (primary N) is 1. The van der Waals surface area contributed by atoms with Crippen LogP contribution < -0.4 is 10.5 Å². The number of amidine groups is 1. The minimum Gasteiger partial charge on any atom is -0.488 e. The summed E-state index contributed by atoms with van der Waals surface area (Å²) in [6.07, 6.45) is 4.99. The second-order valence-electron chi connectivity index (χ2n) is 6.49. The smallest absolute Gasteiger partial charge is 0.192 e. The van der Waals surface area contributed by atoms with E-state index in [2.05, 4.69) is 30.9 Å². The molecule has 0 radical (unpaired) electrons. The van der Waals surface area contributed by atoms with Crippen molar-refractivity contribution in [2.75, 3.05) is 0 Å². The molecule has 0 spiro atoms. The summed E-state index contributed by atoms with van der Waals surface area (Å²) in [5, 5.41) is 11.8. The van der Waals surface area contributed by atoms with Crippen molar-refractivity contribution in [1.82, 2.24) is 4.98 Å². The second kappa shape index (κ2) is 5.69. The Hall–Kier alpha value is -1.78. The predicted octanol–water partition coefficient (Wildman–Crippen LogP) is 2.77. The molecular weight excluding hydrogens is 254 g/mol. The summed E-state index contributed by atoms with van der Waals surface area (Å²) in [5.41, 5.74) is 6.31. The van der Waals surface area contributed by atoms with Gasteiger partial charge >= 0.3 is 0 Å². The average molecular weight is 277 g/mol. The van der Waals surface area contributed by atoms with Crippen molar-refractivity contribution < 1.29 is 9.94 Å². The van der Waals surface area contributed by atoms with Crippen LogP contribution in [0.1, 0.15) is 45.7 Å². The normalized spacial score (nSPS) is 26.2. The number of aromatic nitrogens is 1. The molecule has 0 saturated heterocycles. The van der Waals surface area contributed by atoms with Crippen molar-refractivity contribution in [2.45, 2.75) is 46.1 Å². The lowest BCUT2D eigenvalue weighted by molar-refractivity contribution is 0.0558. The molecule has 0 amide bonds. The van der Waals surface area contributed by atoms with Crippen LogP contribution >= 0.6 is 0 Å². The van der Waals surface area contributed by atoms with Crippen molar-refractivity contribution in [3.8, 4) is 5.75 Å².